The Balaban J connectivity index is 1.22. The fraction of sp³-hybridized carbons (Fsp3) is 0.208. The number of aliphatic hydroxyl groups is 1. The Morgan fingerprint density at radius 1 is 0.933 bits per heavy atom. The van der Waals surface area contributed by atoms with Gasteiger partial charge < -0.3 is 15.2 Å². The predicted molar refractivity (Wildman–Crippen MR) is 124 cm³/mol. The second kappa shape index (κ2) is 10.1. The molecule has 0 atom stereocenters. The monoisotopic (exact) mass is 437 g/mol. The summed E-state index contributed by atoms with van der Waals surface area (Å²) in [5.74, 6) is 0.853. The van der Waals surface area contributed by atoms with Crippen LogP contribution in [0.2, 0.25) is 0 Å². The molecule has 1 amide bonds. The van der Waals surface area contributed by atoms with E-state index < -0.39 is 0 Å². The van der Waals surface area contributed by atoms with Crippen molar-refractivity contribution >= 4 is 27.7 Å². The van der Waals surface area contributed by atoms with Crippen LogP contribution in [0.25, 0.3) is 11.1 Å². The quantitative estimate of drug-likeness (QED) is 0.362. The fourth-order valence-electron chi connectivity index (χ4n) is 3.60. The first-order valence-corrected chi connectivity index (χ1v) is 12.2. The standard InChI is InChI=1S/C24H23NO3S2/c26-15-17-9-11-18(12-10-17)30-29-14-13-25-24(27)28-16-23-21-7-3-1-5-19(21)20-6-2-4-8-22(20)23/h1-12,23,26H,13-16H2,(H,25,27). The van der Waals surface area contributed by atoms with E-state index in [1.165, 1.54) is 22.3 Å². The first kappa shape index (κ1) is 20.8. The number of aliphatic hydroxyl groups excluding tert-OH is 1. The lowest BCUT2D eigenvalue weighted by Gasteiger charge is -2.14. The number of ether oxygens (including phenoxy) is 1. The van der Waals surface area contributed by atoms with Gasteiger partial charge in [0.15, 0.2) is 0 Å². The van der Waals surface area contributed by atoms with Crippen molar-refractivity contribution in [3.63, 3.8) is 0 Å². The Labute approximate surface area is 184 Å². The average Bonchev–Trinajstić information content (AvgIpc) is 3.12. The minimum atomic E-state index is -0.380. The van der Waals surface area contributed by atoms with Crippen LogP contribution in [0.15, 0.2) is 77.7 Å². The first-order chi connectivity index (χ1) is 14.8. The molecule has 0 fully saturated rings. The average molecular weight is 438 g/mol. The minimum Gasteiger partial charge on any atom is -0.449 e. The third-order valence-corrected chi connectivity index (χ3v) is 7.44. The van der Waals surface area contributed by atoms with Gasteiger partial charge in [-0.1, -0.05) is 82.3 Å². The first-order valence-electron chi connectivity index (χ1n) is 9.84. The zero-order valence-electron chi connectivity index (χ0n) is 16.4. The van der Waals surface area contributed by atoms with Crippen LogP contribution < -0.4 is 5.32 Å². The summed E-state index contributed by atoms with van der Waals surface area (Å²) in [6.07, 6.45) is -0.380. The van der Waals surface area contributed by atoms with Crippen molar-refractivity contribution in [1.82, 2.24) is 5.32 Å². The van der Waals surface area contributed by atoms with Crippen LogP contribution in [0.1, 0.15) is 22.6 Å². The van der Waals surface area contributed by atoms with E-state index in [9.17, 15) is 4.79 Å². The van der Waals surface area contributed by atoms with Gasteiger partial charge in [0.1, 0.15) is 6.61 Å². The van der Waals surface area contributed by atoms with Gasteiger partial charge in [0.2, 0.25) is 0 Å². The van der Waals surface area contributed by atoms with Gasteiger partial charge in [0.25, 0.3) is 0 Å². The fourth-order valence-corrected chi connectivity index (χ4v) is 5.50. The summed E-state index contributed by atoms with van der Waals surface area (Å²) in [4.78, 5) is 13.3. The summed E-state index contributed by atoms with van der Waals surface area (Å²) >= 11 is 0. The minimum absolute atomic E-state index is 0.0577. The smallest absolute Gasteiger partial charge is 0.407 e. The van der Waals surface area contributed by atoms with Gasteiger partial charge in [-0.05, 0) is 39.9 Å². The number of nitrogens with one attached hydrogen (secondary N) is 1. The van der Waals surface area contributed by atoms with Crippen molar-refractivity contribution in [2.24, 2.45) is 0 Å². The number of benzene rings is 3. The Bertz CT molecular complexity index is 962. The summed E-state index contributed by atoms with van der Waals surface area (Å²) in [6.45, 7) is 0.935. The molecule has 0 heterocycles. The highest BCUT2D eigenvalue weighted by Gasteiger charge is 2.28. The zero-order chi connectivity index (χ0) is 20.8. The molecular formula is C24H23NO3S2. The van der Waals surface area contributed by atoms with Gasteiger partial charge in [0.05, 0.1) is 6.61 Å². The van der Waals surface area contributed by atoms with Gasteiger partial charge in [-0.15, -0.1) is 0 Å². The van der Waals surface area contributed by atoms with Crippen LogP contribution >= 0.6 is 21.6 Å². The van der Waals surface area contributed by atoms with E-state index in [1.807, 2.05) is 48.5 Å². The van der Waals surface area contributed by atoms with Gasteiger partial charge >= 0.3 is 6.09 Å². The van der Waals surface area contributed by atoms with E-state index in [0.717, 1.165) is 16.2 Å². The number of rotatable bonds is 8. The second-order valence-corrected chi connectivity index (χ2v) is 9.45. The highest BCUT2D eigenvalue weighted by atomic mass is 33.1. The van der Waals surface area contributed by atoms with Crippen LogP contribution in [-0.4, -0.2) is 30.1 Å². The SMILES string of the molecule is O=C(NCCSSc1ccc(CO)cc1)OCC1c2ccccc2-c2ccccc21. The van der Waals surface area contributed by atoms with Crippen LogP contribution in [0, 0.1) is 0 Å². The van der Waals surface area contributed by atoms with E-state index in [4.69, 9.17) is 9.84 Å². The van der Waals surface area contributed by atoms with E-state index in [-0.39, 0.29) is 18.6 Å². The van der Waals surface area contributed by atoms with Crippen molar-refractivity contribution < 1.29 is 14.6 Å². The van der Waals surface area contributed by atoms with Crippen molar-refractivity contribution in [3.8, 4) is 11.1 Å². The van der Waals surface area contributed by atoms with Crippen LogP contribution in [0.3, 0.4) is 0 Å². The summed E-state index contributed by atoms with van der Waals surface area (Å²) in [5, 5.41) is 11.9. The van der Waals surface area contributed by atoms with E-state index >= 15 is 0 Å². The Hall–Kier alpha value is -2.41. The summed E-state index contributed by atoms with van der Waals surface area (Å²) in [6, 6.07) is 24.4. The van der Waals surface area contributed by atoms with Crippen molar-refractivity contribution in [3.05, 3.63) is 89.5 Å². The Morgan fingerprint density at radius 2 is 1.57 bits per heavy atom. The van der Waals surface area contributed by atoms with Gasteiger partial charge in [-0.2, -0.15) is 0 Å². The highest BCUT2D eigenvalue weighted by molar-refractivity contribution is 8.76. The molecule has 0 aliphatic heterocycles. The summed E-state index contributed by atoms with van der Waals surface area (Å²) < 4.78 is 5.54. The summed E-state index contributed by atoms with van der Waals surface area (Å²) in [7, 11) is 3.32. The molecule has 0 saturated heterocycles. The molecule has 4 nitrogen and oxygen atoms in total. The number of alkyl carbamates (subject to hydrolysis) is 1. The molecule has 2 N–H and O–H groups in total. The van der Waals surface area contributed by atoms with Crippen LogP contribution in [-0.2, 0) is 11.3 Å². The molecule has 154 valence electrons. The number of fused-ring (bicyclic) bond motifs is 3. The molecule has 30 heavy (non-hydrogen) atoms. The molecule has 1 aliphatic carbocycles. The molecule has 0 bridgehead atoms. The van der Waals surface area contributed by atoms with Gasteiger partial charge in [-0.3, -0.25) is 0 Å². The Morgan fingerprint density at radius 3 is 2.20 bits per heavy atom. The molecule has 1 aliphatic rings. The topological polar surface area (TPSA) is 58.6 Å². The van der Waals surface area contributed by atoms with Gasteiger partial charge in [0, 0.05) is 23.1 Å². The lowest BCUT2D eigenvalue weighted by molar-refractivity contribution is 0.143. The molecule has 0 aromatic heterocycles. The maximum Gasteiger partial charge on any atom is 0.407 e. The van der Waals surface area contributed by atoms with Crippen LogP contribution in [0.4, 0.5) is 4.79 Å². The maximum atomic E-state index is 12.2. The molecule has 0 spiro atoms. The van der Waals surface area contributed by atoms with Crippen LogP contribution in [0.5, 0.6) is 0 Å². The molecule has 0 unspecified atom stereocenters. The van der Waals surface area contributed by atoms with Crippen molar-refractivity contribution in [1.29, 1.82) is 0 Å². The number of amides is 1. The molecule has 0 saturated carbocycles. The largest absolute Gasteiger partial charge is 0.449 e. The molecular weight excluding hydrogens is 414 g/mol. The van der Waals surface area contributed by atoms with E-state index in [1.54, 1.807) is 21.6 Å². The Kier molecular flexibility index (Phi) is 7.00. The predicted octanol–water partition coefficient (Wildman–Crippen LogP) is 5.46. The summed E-state index contributed by atoms with van der Waals surface area (Å²) in [5.41, 5.74) is 5.78. The molecule has 3 aromatic carbocycles. The molecule has 3 aromatic rings. The molecule has 0 radical (unpaired) electrons. The highest BCUT2D eigenvalue weighted by Crippen LogP contribution is 2.44. The lowest BCUT2D eigenvalue weighted by Crippen LogP contribution is -2.27. The third-order valence-electron chi connectivity index (χ3n) is 5.06. The number of hydrogen-bond donors (Lipinski definition) is 2. The third kappa shape index (κ3) is 4.83. The van der Waals surface area contributed by atoms with Gasteiger partial charge in [-0.25, -0.2) is 4.79 Å². The van der Waals surface area contributed by atoms with E-state index in [0.29, 0.717) is 13.2 Å². The van der Waals surface area contributed by atoms with Crippen molar-refractivity contribution in [2.75, 3.05) is 18.9 Å². The maximum absolute atomic E-state index is 12.2. The number of hydrogen-bond acceptors (Lipinski definition) is 5. The molecule has 4 rings (SSSR count). The normalized spacial score (nSPS) is 12.3. The zero-order valence-corrected chi connectivity index (χ0v) is 18.0. The number of carbonyl (C=O) groups excluding carboxylic acids is 1. The number of carbonyl (C=O) groups is 1. The van der Waals surface area contributed by atoms with Crippen molar-refractivity contribution in [2.45, 2.75) is 17.4 Å². The lowest BCUT2D eigenvalue weighted by atomic mass is 9.98. The second-order valence-electron chi connectivity index (χ2n) is 6.96. The molecule has 6 heteroatoms. The van der Waals surface area contributed by atoms with E-state index in [2.05, 4.69) is 29.6 Å².